The number of nitrogens with zero attached hydrogens (tertiary/aromatic N) is 7. The van der Waals surface area contributed by atoms with Gasteiger partial charge in [0.25, 0.3) is 6.47 Å². The molecule has 0 saturated heterocycles. The molecule has 0 unspecified atom stereocenters. The molecule has 0 aliphatic heterocycles. The minimum atomic E-state index is -4.50. The molecule has 6 rings (SSSR count). The molecule has 310 valence electrons. The molecule has 0 fully saturated rings. The molecular weight excluding hydrogens is 921 g/mol. The van der Waals surface area contributed by atoms with E-state index >= 15 is 0 Å². The summed E-state index contributed by atoms with van der Waals surface area (Å²) in [4.78, 5) is 49.7. The zero-order chi connectivity index (χ0) is 43.2. The molecule has 0 amide bonds. The third kappa shape index (κ3) is 15.4. The Hall–Kier alpha value is -6.75. The summed E-state index contributed by atoms with van der Waals surface area (Å²) in [6.07, 6.45) is 10.4. The van der Waals surface area contributed by atoms with E-state index < -0.39 is 11.9 Å². The number of unbranched alkanes of at least 4 members (excludes halogenated alkanes) is 3. The topological polar surface area (TPSA) is 180 Å². The Bertz CT molecular complexity index is 2470. The molecule has 0 radical (unpaired) electrons. The second-order valence-electron chi connectivity index (χ2n) is 11.7. The van der Waals surface area contributed by atoms with Crippen LogP contribution in [0.1, 0.15) is 55.0 Å². The van der Waals surface area contributed by atoms with E-state index in [1.54, 1.807) is 47.9 Å². The van der Waals surface area contributed by atoms with Crippen LogP contribution in [0.5, 0.6) is 5.75 Å². The molecule has 0 aromatic carbocycles. The average Bonchev–Trinajstić information content (AvgIpc) is 3.95. The van der Waals surface area contributed by atoms with Crippen molar-refractivity contribution in [2.75, 3.05) is 0 Å². The predicted molar refractivity (Wildman–Crippen MR) is 218 cm³/mol. The maximum absolute atomic E-state index is 12.7. The summed E-state index contributed by atoms with van der Waals surface area (Å²) in [6.45, 7) is 2.92. The summed E-state index contributed by atoms with van der Waals surface area (Å²) >= 11 is 5.34. The first-order valence-corrected chi connectivity index (χ1v) is 18.8. The van der Waals surface area contributed by atoms with Gasteiger partial charge in [-0.2, -0.15) is 18.3 Å². The van der Waals surface area contributed by atoms with E-state index in [2.05, 4.69) is 94.2 Å². The van der Waals surface area contributed by atoms with Crippen molar-refractivity contribution in [1.29, 1.82) is 0 Å². The summed E-state index contributed by atoms with van der Waals surface area (Å²) in [5.41, 5.74) is 4.47. The smallest absolute Gasteiger partial charge is 0.753 e. The molecule has 0 spiro atoms. The van der Waals surface area contributed by atoms with E-state index in [1.165, 1.54) is 54.5 Å². The van der Waals surface area contributed by atoms with Crippen LogP contribution in [-0.4, -0.2) is 49.6 Å². The number of carbonyl (C=O) groups is 3. The number of pyridine rings is 4. The molecule has 19 heteroatoms. The number of isothiocyanates is 1. The van der Waals surface area contributed by atoms with Crippen LogP contribution in [0.15, 0.2) is 84.6 Å². The molecular formula is C42H30F3N7O6RuS2. The summed E-state index contributed by atoms with van der Waals surface area (Å²) in [5.74, 6) is 5.52. The minimum Gasteiger partial charge on any atom is -0.753 e. The molecule has 6 aromatic rings. The number of carbonyl (C=O) groups excluding carboxylic acids is 3. The van der Waals surface area contributed by atoms with Gasteiger partial charge in [-0.1, -0.05) is 44.1 Å². The standard InChI is InChI=1S/C22H11N3O6.C19H19F3N3S.CNS.Ru/c26-13-29-7-3-16-1-5-23-19(9-16)21-11-18(31-15-28)12-22(25-21)20-10-17(2-6-24-20)4-8-30-14-27;1-2-3-4-5-6-13-8-10-26-18(13)14-7-9-23-15(11-14)16-12-17(25-24-16)19(20,21)22;2-1-3;/h1-2,5-6,9-15H;7-12H,2-6H2,1H3;;/q;2*-1;+2. The van der Waals surface area contributed by atoms with E-state index in [9.17, 15) is 27.6 Å². The Labute approximate surface area is 369 Å². The van der Waals surface area contributed by atoms with Crippen molar-refractivity contribution >= 4 is 48.1 Å². The third-order valence-electron chi connectivity index (χ3n) is 7.79. The van der Waals surface area contributed by atoms with Crippen molar-refractivity contribution in [3.05, 3.63) is 112 Å². The van der Waals surface area contributed by atoms with Gasteiger partial charge in [0, 0.05) is 46.7 Å². The number of thiophene rings is 1. The summed E-state index contributed by atoms with van der Waals surface area (Å²) in [7, 11) is 0. The quantitative estimate of drug-likeness (QED) is 0.0270. The number of alkyl halides is 3. The minimum absolute atomic E-state index is 0. The van der Waals surface area contributed by atoms with Crippen LogP contribution in [0.4, 0.5) is 13.2 Å². The van der Waals surface area contributed by atoms with Crippen molar-refractivity contribution in [2.45, 2.75) is 45.2 Å². The van der Waals surface area contributed by atoms with Gasteiger partial charge in [0.2, 0.25) is 0 Å². The van der Waals surface area contributed by atoms with Crippen LogP contribution in [0, 0.1) is 24.1 Å². The number of ether oxygens (including phenoxy) is 3. The second kappa shape index (κ2) is 25.7. The first-order chi connectivity index (χ1) is 29.1. The Morgan fingerprint density at radius 2 is 1.38 bits per heavy atom. The monoisotopic (exact) mass is 951 g/mol. The average molecular weight is 951 g/mol. The molecule has 0 saturated carbocycles. The van der Waals surface area contributed by atoms with Gasteiger partial charge in [-0.3, -0.25) is 29.3 Å². The largest absolute Gasteiger partial charge is 2.00 e. The Balaban J connectivity index is 0.000000305. The zero-order valence-corrected chi connectivity index (χ0v) is 35.1. The van der Waals surface area contributed by atoms with E-state index in [1.807, 2.05) is 6.07 Å². The predicted octanol–water partition coefficient (Wildman–Crippen LogP) is 8.33. The first kappa shape index (κ1) is 48.6. The van der Waals surface area contributed by atoms with Crippen molar-refractivity contribution in [1.82, 2.24) is 30.1 Å². The molecule has 0 bridgehead atoms. The van der Waals surface area contributed by atoms with Crippen LogP contribution in [0.3, 0.4) is 0 Å². The van der Waals surface area contributed by atoms with Gasteiger partial charge in [-0.25, -0.2) is 4.98 Å². The molecule has 0 aliphatic rings. The van der Waals surface area contributed by atoms with Gasteiger partial charge >= 0.3 is 38.6 Å². The van der Waals surface area contributed by atoms with Gasteiger partial charge in [0.1, 0.15) is 23.7 Å². The van der Waals surface area contributed by atoms with Gasteiger partial charge < -0.3 is 29.8 Å². The molecule has 13 nitrogen and oxygen atoms in total. The van der Waals surface area contributed by atoms with Crippen molar-refractivity contribution in [3.63, 3.8) is 0 Å². The van der Waals surface area contributed by atoms with Gasteiger partial charge in [0.15, 0.2) is 0 Å². The number of thiocarbonyl (C=S) groups is 1. The molecule has 6 heterocycles. The molecule has 61 heavy (non-hydrogen) atoms. The van der Waals surface area contributed by atoms with E-state index in [-0.39, 0.29) is 43.9 Å². The van der Waals surface area contributed by atoms with Crippen LogP contribution in [-0.2, 0) is 55.9 Å². The fourth-order valence-electron chi connectivity index (χ4n) is 5.21. The summed E-state index contributed by atoms with van der Waals surface area (Å²) in [5, 5.41) is 17.4. The summed E-state index contributed by atoms with van der Waals surface area (Å²) < 4.78 is 51.9. The Morgan fingerprint density at radius 1 is 0.787 bits per heavy atom. The number of aryl methyl sites for hydroxylation is 1. The van der Waals surface area contributed by atoms with Crippen molar-refractivity contribution < 1.29 is 61.2 Å². The fraction of sp³-hybridized carbons (Fsp3) is 0.167. The Kier molecular flexibility index (Phi) is 20.5. The van der Waals surface area contributed by atoms with Crippen LogP contribution >= 0.6 is 23.6 Å². The maximum Gasteiger partial charge on any atom is 2.00 e. The third-order valence-corrected chi connectivity index (χ3v) is 8.80. The number of rotatable bonds is 13. The number of hydrogen-bond acceptors (Lipinski definition) is 13. The van der Waals surface area contributed by atoms with Crippen LogP contribution in [0.25, 0.3) is 50.0 Å². The van der Waals surface area contributed by atoms with Crippen molar-refractivity contribution in [2.24, 2.45) is 0 Å². The number of aromatic nitrogens is 6. The zero-order valence-electron chi connectivity index (χ0n) is 31.7. The van der Waals surface area contributed by atoms with E-state index in [0.717, 1.165) is 29.3 Å². The van der Waals surface area contributed by atoms with Crippen molar-refractivity contribution in [3.8, 4) is 74.4 Å². The molecule has 0 aliphatic carbocycles. The van der Waals surface area contributed by atoms with Gasteiger partial charge in [-0.05, 0) is 89.7 Å². The van der Waals surface area contributed by atoms with Crippen LogP contribution in [0.2, 0.25) is 0 Å². The molecule has 0 atom stereocenters. The van der Waals surface area contributed by atoms with E-state index in [0.29, 0.717) is 46.1 Å². The van der Waals surface area contributed by atoms with Gasteiger partial charge in [0.05, 0.1) is 28.5 Å². The maximum atomic E-state index is 12.7. The first-order valence-electron chi connectivity index (χ1n) is 17.5. The van der Waals surface area contributed by atoms with E-state index in [4.69, 9.17) is 10.1 Å². The summed E-state index contributed by atoms with van der Waals surface area (Å²) in [6, 6.07) is 16.3. The number of hydrogen-bond donors (Lipinski definition) is 0. The van der Waals surface area contributed by atoms with Gasteiger partial charge in [-0.15, -0.1) is 11.3 Å². The fourth-order valence-corrected chi connectivity index (χ4v) is 6.16. The normalized spacial score (nSPS) is 9.84. The molecule has 0 N–H and O–H groups in total. The van der Waals surface area contributed by atoms with Crippen LogP contribution < -0.4 is 9.84 Å². The Morgan fingerprint density at radius 3 is 1.92 bits per heavy atom. The SMILES string of the molecule is CCCCCCc1ccsc1-c1ccnc(-c2cc(C(F)(F)F)n[n-]2)c1.O=COC#Cc1ccnc(-c2cc(OC=O)cc(-c3cc(C#COC=O)ccn3)n2)c1.[N-]=C=S.[Ru+2]. The second-order valence-corrected chi connectivity index (χ2v) is 12.8. The molecule has 6 aromatic heterocycles. The number of halogens is 3.